The second-order valence-electron chi connectivity index (χ2n) is 4.22. The number of aromatic hydroxyl groups is 1. The smallest absolute Gasteiger partial charge is 0.266 e. The van der Waals surface area contributed by atoms with Crippen molar-refractivity contribution < 1.29 is 9.90 Å². The zero-order valence-corrected chi connectivity index (χ0v) is 12.5. The Morgan fingerprint density at radius 3 is 2.33 bits per heavy atom. The number of amides is 1. The van der Waals surface area contributed by atoms with Crippen molar-refractivity contribution in [1.82, 2.24) is 0 Å². The Kier molecular flexibility index (Phi) is 4.75. The number of nitrogens with zero attached hydrogens (tertiary/aromatic N) is 1. The van der Waals surface area contributed by atoms with Crippen LogP contribution >= 0.6 is 15.9 Å². The lowest BCUT2D eigenvalue weighted by Crippen LogP contribution is -2.13. The quantitative estimate of drug-likeness (QED) is 0.507. The minimum Gasteiger partial charge on any atom is -0.508 e. The van der Waals surface area contributed by atoms with Gasteiger partial charge in [-0.15, -0.1) is 0 Å². The minimum absolute atomic E-state index is 0.00500. The largest absolute Gasteiger partial charge is 0.508 e. The average Bonchev–Trinajstić information content (AvgIpc) is 2.49. The summed E-state index contributed by atoms with van der Waals surface area (Å²) in [5.41, 5.74) is 1.27. The van der Waals surface area contributed by atoms with E-state index in [9.17, 15) is 9.90 Å². The van der Waals surface area contributed by atoms with Gasteiger partial charge in [0, 0.05) is 10.2 Å². The zero-order valence-electron chi connectivity index (χ0n) is 10.9. The summed E-state index contributed by atoms with van der Waals surface area (Å²) in [6.07, 6.45) is 1.52. The molecule has 1 amide bonds. The molecule has 2 N–H and O–H groups in total. The van der Waals surface area contributed by atoms with Gasteiger partial charge in [-0.05, 0) is 48.0 Å². The van der Waals surface area contributed by atoms with Crippen molar-refractivity contribution in [3.63, 3.8) is 0 Å². The standard InChI is InChI=1S/C16H11BrN2O2/c17-13-3-1-11(2-4-13)9-12(10-18)16(21)19-14-5-7-15(20)8-6-14/h1-9,20H,(H,19,21)/b12-9-. The molecule has 104 valence electrons. The van der Waals surface area contributed by atoms with Crippen molar-refractivity contribution in [1.29, 1.82) is 5.26 Å². The van der Waals surface area contributed by atoms with E-state index in [4.69, 9.17) is 5.26 Å². The van der Waals surface area contributed by atoms with Gasteiger partial charge in [0.05, 0.1) is 0 Å². The molecule has 0 aliphatic carbocycles. The van der Waals surface area contributed by atoms with E-state index in [-0.39, 0.29) is 11.3 Å². The summed E-state index contributed by atoms with van der Waals surface area (Å²) in [4.78, 5) is 12.0. The number of phenols is 1. The number of halogens is 1. The Morgan fingerprint density at radius 2 is 1.76 bits per heavy atom. The molecule has 0 fully saturated rings. The van der Waals surface area contributed by atoms with Crippen LogP contribution in [0.3, 0.4) is 0 Å². The molecular weight excluding hydrogens is 332 g/mol. The Balaban J connectivity index is 2.17. The van der Waals surface area contributed by atoms with Gasteiger partial charge in [0.1, 0.15) is 17.4 Å². The molecule has 5 heteroatoms. The van der Waals surface area contributed by atoms with Crippen LogP contribution in [0, 0.1) is 11.3 Å². The lowest BCUT2D eigenvalue weighted by Gasteiger charge is -2.04. The Hall–Kier alpha value is -2.58. The summed E-state index contributed by atoms with van der Waals surface area (Å²) < 4.78 is 0.923. The van der Waals surface area contributed by atoms with E-state index in [1.54, 1.807) is 24.3 Å². The first-order valence-corrected chi connectivity index (χ1v) is 6.85. The van der Waals surface area contributed by atoms with Crippen LogP contribution < -0.4 is 5.32 Å². The van der Waals surface area contributed by atoms with Gasteiger partial charge in [-0.3, -0.25) is 4.79 Å². The zero-order chi connectivity index (χ0) is 15.2. The Labute approximate surface area is 130 Å². The number of anilines is 1. The highest BCUT2D eigenvalue weighted by Gasteiger charge is 2.09. The van der Waals surface area contributed by atoms with Crippen LogP contribution in [-0.4, -0.2) is 11.0 Å². The molecule has 2 aromatic carbocycles. The number of benzene rings is 2. The van der Waals surface area contributed by atoms with Crippen LogP contribution in [0.1, 0.15) is 5.56 Å². The second-order valence-corrected chi connectivity index (χ2v) is 5.14. The van der Waals surface area contributed by atoms with Gasteiger partial charge in [0.25, 0.3) is 5.91 Å². The van der Waals surface area contributed by atoms with E-state index < -0.39 is 5.91 Å². The topological polar surface area (TPSA) is 73.1 Å². The predicted molar refractivity (Wildman–Crippen MR) is 84.5 cm³/mol. The van der Waals surface area contributed by atoms with Crippen LogP contribution in [-0.2, 0) is 4.79 Å². The van der Waals surface area contributed by atoms with Gasteiger partial charge in [-0.1, -0.05) is 28.1 Å². The van der Waals surface area contributed by atoms with Crippen LogP contribution in [0.2, 0.25) is 0 Å². The molecule has 0 heterocycles. The fourth-order valence-electron chi connectivity index (χ4n) is 1.62. The fraction of sp³-hybridized carbons (Fsp3) is 0. The van der Waals surface area contributed by atoms with Crippen molar-refractivity contribution in [2.45, 2.75) is 0 Å². The molecule has 0 radical (unpaired) electrons. The van der Waals surface area contributed by atoms with E-state index in [1.807, 2.05) is 18.2 Å². The first kappa shape index (κ1) is 14.8. The third-order valence-electron chi connectivity index (χ3n) is 2.67. The SMILES string of the molecule is N#C/C(=C/c1ccc(Br)cc1)C(=O)Nc1ccc(O)cc1. The van der Waals surface area contributed by atoms with Crippen molar-refractivity contribution in [2.24, 2.45) is 0 Å². The summed E-state index contributed by atoms with van der Waals surface area (Å²) >= 11 is 3.32. The molecule has 0 aliphatic heterocycles. The number of hydrogen-bond acceptors (Lipinski definition) is 3. The molecule has 0 unspecified atom stereocenters. The number of rotatable bonds is 3. The molecule has 0 saturated carbocycles. The van der Waals surface area contributed by atoms with Gasteiger partial charge in [0.15, 0.2) is 0 Å². The van der Waals surface area contributed by atoms with E-state index in [1.165, 1.54) is 18.2 Å². The third kappa shape index (κ3) is 4.20. The average molecular weight is 343 g/mol. The number of nitrogens with one attached hydrogen (secondary N) is 1. The molecule has 2 rings (SSSR count). The molecule has 2 aromatic rings. The fourth-order valence-corrected chi connectivity index (χ4v) is 1.88. The van der Waals surface area contributed by atoms with Crippen molar-refractivity contribution in [3.05, 3.63) is 64.1 Å². The summed E-state index contributed by atoms with van der Waals surface area (Å²) in [5, 5.41) is 20.9. The Bertz CT molecular complexity index is 713. The lowest BCUT2D eigenvalue weighted by molar-refractivity contribution is -0.112. The van der Waals surface area contributed by atoms with Crippen molar-refractivity contribution in [3.8, 4) is 11.8 Å². The van der Waals surface area contributed by atoms with Gasteiger partial charge in [-0.2, -0.15) is 5.26 Å². The number of carbonyl (C=O) groups is 1. The van der Waals surface area contributed by atoms with Crippen LogP contribution in [0.25, 0.3) is 6.08 Å². The lowest BCUT2D eigenvalue weighted by atomic mass is 10.1. The third-order valence-corrected chi connectivity index (χ3v) is 3.20. The maximum atomic E-state index is 12.0. The van der Waals surface area contributed by atoms with Crippen molar-refractivity contribution >= 4 is 33.6 Å². The maximum Gasteiger partial charge on any atom is 0.266 e. The number of phenolic OH excluding ortho intramolecular Hbond substituents is 1. The van der Waals surface area contributed by atoms with Gasteiger partial charge < -0.3 is 10.4 Å². The summed E-state index contributed by atoms with van der Waals surface area (Å²) in [6, 6.07) is 15.2. The monoisotopic (exact) mass is 342 g/mol. The van der Waals surface area contributed by atoms with E-state index in [0.29, 0.717) is 5.69 Å². The van der Waals surface area contributed by atoms with E-state index >= 15 is 0 Å². The highest BCUT2D eigenvalue weighted by molar-refractivity contribution is 9.10. The first-order valence-electron chi connectivity index (χ1n) is 6.06. The second kappa shape index (κ2) is 6.73. The van der Waals surface area contributed by atoms with Gasteiger partial charge in [0.2, 0.25) is 0 Å². The summed E-state index contributed by atoms with van der Waals surface area (Å²) in [6.45, 7) is 0. The maximum absolute atomic E-state index is 12.0. The molecule has 21 heavy (non-hydrogen) atoms. The Morgan fingerprint density at radius 1 is 1.14 bits per heavy atom. The molecule has 0 aliphatic rings. The van der Waals surface area contributed by atoms with Crippen molar-refractivity contribution in [2.75, 3.05) is 5.32 Å². The van der Waals surface area contributed by atoms with Crippen LogP contribution in [0.4, 0.5) is 5.69 Å². The highest BCUT2D eigenvalue weighted by Crippen LogP contribution is 2.16. The number of hydrogen-bond donors (Lipinski definition) is 2. The molecule has 0 spiro atoms. The van der Waals surface area contributed by atoms with Crippen LogP contribution in [0.15, 0.2) is 58.6 Å². The van der Waals surface area contributed by atoms with E-state index in [2.05, 4.69) is 21.2 Å². The number of carbonyl (C=O) groups excluding carboxylic acids is 1. The molecule has 0 atom stereocenters. The molecular formula is C16H11BrN2O2. The van der Waals surface area contributed by atoms with E-state index in [0.717, 1.165) is 10.0 Å². The highest BCUT2D eigenvalue weighted by atomic mass is 79.9. The van der Waals surface area contributed by atoms with Gasteiger partial charge in [-0.25, -0.2) is 0 Å². The molecule has 0 bridgehead atoms. The molecule has 0 saturated heterocycles. The minimum atomic E-state index is -0.494. The van der Waals surface area contributed by atoms with Crippen LogP contribution in [0.5, 0.6) is 5.75 Å². The summed E-state index contributed by atoms with van der Waals surface area (Å²) in [7, 11) is 0. The normalized spacial score (nSPS) is 10.8. The molecule has 0 aromatic heterocycles. The predicted octanol–water partition coefficient (Wildman–Crippen LogP) is 3.70. The summed E-state index contributed by atoms with van der Waals surface area (Å²) in [5.74, 6) is -0.384. The van der Waals surface area contributed by atoms with Gasteiger partial charge >= 0.3 is 0 Å². The molecule has 4 nitrogen and oxygen atoms in total. The number of nitriles is 1. The first-order chi connectivity index (χ1) is 10.1.